The van der Waals surface area contributed by atoms with Crippen LogP contribution in [0.2, 0.25) is 0 Å². The topological polar surface area (TPSA) is 99.4 Å². The van der Waals surface area contributed by atoms with Gasteiger partial charge in [0.1, 0.15) is 29.8 Å². The largest absolute Gasteiger partial charge is 0.508 e. The van der Waals surface area contributed by atoms with Gasteiger partial charge in [0.2, 0.25) is 6.29 Å². The second-order valence-electron chi connectivity index (χ2n) is 5.02. The maximum atomic E-state index is 9.83. The van der Waals surface area contributed by atoms with Gasteiger partial charge in [0, 0.05) is 0 Å². The molecule has 0 spiro atoms. The number of phenolic OH excluding ortho intramolecular Hbond substituents is 1. The average molecular weight is 292 g/mol. The Kier molecular flexibility index (Phi) is 3.69. The standard InChI is InChI=1S/C15H16O6/c16-7-12-13(18)14(19)15(21-12)20-11-4-2-8-5-10(17)3-1-9(8)6-11/h1-6,12-19H,7H2/t12-,13+,14-,15-/m1/s1. The molecule has 2 aromatic rings. The van der Waals surface area contributed by atoms with E-state index >= 15 is 0 Å². The minimum atomic E-state index is -1.22. The zero-order chi connectivity index (χ0) is 15.0. The third kappa shape index (κ3) is 2.66. The number of hydrogen-bond donors (Lipinski definition) is 4. The van der Waals surface area contributed by atoms with Crippen LogP contribution in [0.15, 0.2) is 36.4 Å². The number of phenols is 1. The Morgan fingerprint density at radius 2 is 1.71 bits per heavy atom. The van der Waals surface area contributed by atoms with Gasteiger partial charge >= 0.3 is 0 Å². The Hall–Kier alpha value is -1.86. The van der Waals surface area contributed by atoms with E-state index < -0.39 is 31.2 Å². The molecule has 0 aliphatic carbocycles. The highest BCUT2D eigenvalue weighted by Crippen LogP contribution is 2.28. The average Bonchev–Trinajstić information content (AvgIpc) is 2.75. The normalized spacial score (nSPS) is 28.9. The summed E-state index contributed by atoms with van der Waals surface area (Å²) in [6.07, 6.45) is -4.30. The van der Waals surface area contributed by atoms with E-state index in [1.54, 1.807) is 36.4 Å². The zero-order valence-corrected chi connectivity index (χ0v) is 11.1. The molecule has 1 fully saturated rings. The van der Waals surface area contributed by atoms with E-state index in [1.807, 2.05) is 0 Å². The van der Waals surface area contributed by atoms with Crippen LogP contribution in [0.3, 0.4) is 0 Å². The summed E-state index contributed by atoms with van der Waals surface area (Å²) in [5.74, 6) is 0.641. The van der Waals surface area contributed by atoms with Crippen LogP contribution < -0.4 is 4.74 Å². The van der Waals surface area contributed by atoms with Crippen molar-refractivity contribution in [3.05, 3.63) is 36.4 Å². The number of hydrogen-bond acceptors (Lipinski definition) is 6. The Morgan fingerprint density at radius 3 is 2.43 bits per heavy atom. The second-order valence-corrected chi connectivity index (χ2v) is 5.02. The predicted octanol–water partition coefficient (Wildman–Crippen LogP) is 0.363. The van der Waals surface area contributed by atoms with Gasteiger partial charge in [-0.05, 0) is 35.0 Å². The maximum absolute atomic E-state index is 9.83. The number of fused-ring (bicyclic) bond motifs is 1. The first-order valence-corrected chi connectivity index (χ1v) is 6.60. The fourth-order valence-electron chi connectivity index (χ4n) is 2.38. The van der Waals surface area contributed by atoms with Crippen molar-refractivity contribution in [3.8, 4) is 11.5 Å². The van der Waals surface area contributed by atoms with Gasteiger partial charge in [0.05, 0.1) is 6.61 Å². The van der Waals surface area contributed by atoms with Crippen LogP contribution in [0.25, 0.3) is 10.8 Å². The molecule has 6 nitrogen and oxygen atoms in total. The Morgan fingerprint density at radius 1 is 1.00 bits per heavy atom. The van der Waals surface area contributed by atoms with Crippen molar-refractivity contribution in [2.75, 3.05) is 6.61 Å². The van der Waals surface area contributed by atoms with E-state index in [1.165, 1.54) is 0 Å². The summed E-state index contributed by atoms with van der Waals surface area (Å²) >= 11 is 0. The van der Waals surface area contributed by atoms with E-state index in [2.05, 4.69) is 0 Å². The number of aliphatic hydroxyl groups is 3. The summed E-state index contributed by atoms with van der Waals surface area (Å²) in [6, 6.07) is 10.1. The molecule has 0 saturated carbocycles. The molecule has 4 atom stereocenters. The van der Waals surface area contributed by atoms with E-state index in [0.717, 1.165) is 10.8 Å². The molecule has 3 rings (SSSR count). The van der Waals surface area contributed by atoms with Crippen LogP contribution in [0.1, 0.15) is 0 Å². The number of aromatic hydroxyl groups is 1. The lowest BCUT2D eigenvalue weighted by Gasteiger charge is -2.17. The van der Waals surface area contributed by atoms with Crippen LogP contribution >= 0.6 is 0 Å². The minimum Gasteiger partial charge on any atom is -0.508 e. The highest BCUT2D eigenvalue weighted by molar-refractivity contribution is 5.85. The van der Waals surface area contributed by atoms with Gasteiger partial charge in [0.15, 0.2) is 0 Å². The summed E-state index contributed by atoms with van der Waals surface area (Å²) in [5, 5.41) is 39.6. The number of rotatable bonds is 3. The lowest BCUT2D eigenvalue weighted by molar-refractivity contribution is -0.116. The molecule has 4 N–H and O–H groups in total. The fraction of sp³-hybridized carbons (Fsp3) is 0.333. The summed E-state index contributed by atoms with van der Waals surface area (Å²) < 4.78 is 10.8. The van der Waals surface area contributed by atoms with E-state index in [-0.39, 0.29) is 5.75 Å². The molecule has 0 aromatic heterocycles. The molecule has 0 bridgehead atoms. The summed E-state index contributed by atoms with van der Waals surface area (Å²) in [5.41, 5.74) is 0. The molecule has 1 saturated heterocycles. The number of aliphatic hydroxyl groups excluding tert-OH is 3. The first-order chi connectivity index (χ1) is 10.1. The molecule has 1 aliphatic rings. The smallest absolute Gasteiger partial charge is 0.229 e. The van der Waals surface area contributed by atoms with Crippen molar-refractivity contribution in [1.82, 2.24) is 0 Å². The fourth-order valence-corrected chi connectivity index (χ4v) is 2.38. The maximum Gasteiger partial charge on any atom is 0.229 e. The lowest BCUT2D eigenvalue weighted by Crippen LogP contribution is -2.35. The monoisotopic (exact) mass is 292 g/mol. The molecule has 0 radical (unpaired) electrons. The molecule has 2 aromatic carbocycles. The Bertz CT molecular complexity index is 643. The first kappa shape index (κ1) is 14.1. The predicted molar refractivity (Wildman–Crippen MR) is 74.0 cm³/mol. The lowest BCUT2D eigenvalue weighted by atomic mass is 10.1. The molecular formula is C15H16O6. The van der Waals surface area contributed by atoms with Crippen LogP contribution in [0.4, 0.5) is 0 Å². The van der Waals surface area contributed by atoms with Crippen LogP contribution in [-0.2, 0) is 4.74 Å². The van der Waals surface area contributed by atoms with Crippen molar-refractivity contribution < 1.29 is 29.9 Å². The van der Waals surface area contributed by atoms with Crippen molar-refractivity contribution in [1.29, 1.82) is 0 Å². The Labute approximate surface area is 120 Å². The first-order valence-electron chi connectivity index (χ1n) is 6.60. The number of benzene rings is 2. The molecular weight excluding hydrogens is 276 g/mol. The minimum absolute atomic E-state index is 0.180. The van der Waals surface area contributed by atoms with Crippen molar-refractivity contribution in [2.24, 2.45) is 0 Å². The molecule has 21 heavy (non-hydrogen) atoms. The third-order valence-corrected chi connectivity index (χ3v) is 3.55. The van der Waals surface area contributed by atoms with Crippen molar-refractivity contribution >= 4 is 10.8 Å². The van der Waals surface area contributed by atoms with Gasteiger partial charge in [-0.25, -0.2) is 0 Å². The SMILES string of the molecule is OC[C@H]1O[C@@H](Oc2ccc3cc(O)ccc3c2)[C@H](O)[C@H]1O. The van der Waals surface area contributed by atoms with Gasteiger partial charge in [-0.15, -0.1) is 0 Å². The van der Waals surface area contributed by atoms with Gasteiger partial charge in [-0.1, -0.05) is 12.1 Å². The molecule has 0 amide bonds. The van der Waals surface area contributed by atoms with Gasteiger partial charge in [0.25, 0.3) is 0 Å². The molecule has 1 aliphatic heterocycles. The molecule has 6 heteroatoms. The Balaban J connectivity index is 1.80. The summed E-state index contributed by atoms with van der Waals surface area (Å²) in [7, 11) is 0. The summed E-state index contributed by atoms with van der Waals surface area (Å²) in [6.45, 7) is -0.394. The molecule has 112 valence electrons. The van der Waals surface area contributed by atoms with Crippen LogP contribution in [-0.4, -0.2) is 51.6 Å². The third-order valence-electron chi connectivity index (χ3n) is 3.55. The van der Waals surface area contributed by atoms with Crippen LogP contribution in [0, 0.1) is 0 Å². The second kappa shape index (κ2) is 5.50. The van der Waals surface area contributed by atoms with E-state index in [4.69, 9.17) is 14.6 Å². The zero-order valence-electron chi connectivity index (χ0n) is 11.1. The number of ether oxygens (including phenoxy) is 2. The van der Waals surface area contributed by atoms with Crippen LogP contribution in [0.5, 0.6) is 11.5 Å². The van der Waals surface area contributed by atoms with E-state index in [0.29, 0.717) is 5.75 Å². The van der Waals surface area contributed by atoms with Crippen molar-refractivity contribution in [3.63, 3.8) is 0 Å². The highest BCUT2D eigenvalue weighted by atomic mass is 16.7. The quantitative estimate of drug-likeness (QED) is 0.652. The van der Waals surface area contributed by atoms with E-state index in [9.17, 15) is 15.3 Å². The molecule has 1 heterocycles. The van der Waals surface area contributed by atoms with Gasteiger partial charge in [-0.3, -0.25) is 0 Å². The molecule has 0 unspecified atom stereocenters. The van der Waals surface area contributed by atoms with Gasteiger partial charge in [-0.2, -0.15) is 0 Å². The summed E-state index contributed by atoms with van der Waals surface area (Å²) in [4.78, 5) is 0. The van der Waals surface area contributed by atoms with Crippen molar-refractivity contribution in [2.45, 2.75) is 24.6 Å². The highest BCUT2D eigenvalue weighted by Gasteiger charge is 2.43. The van der Waals surface area contributed by atoms with Gasteiger partial charge < -0.3 is 29.9 Å².